The van der Waals surface area contributed by atoms with Crippen molar-refractivity contribution < 1.29 is 14.3 Å². The van der Waals surface area contributed by atoms with Crippen LogP contribution in [-0.2, 0) is 16.0 Å². The van der Waals surface area contributed by atoms with Crippen molar-refractivity contribution in [3.8, 4) is 5.75 Å². The highest BCUT2D eigenvalue weighted by Gasteiger charge is 2.39. The van der Waals surface area contributed by atoms with Crippen LogP contribution in [-0.4, -0.2) is 13.1 Å². The highest BCUT2D eigenvalue weighted by atomic mass is 16.6. The van der Waals surface area contributed by atoms with Crippen molar-refractivity contribution in [3.63, 3.8) is 0 Å². The average molecular weight is 218 g/mol. The van der Waals surface area contributed by atoms with Crippen LogP contribution in [0.25, 0.3) is 0 Å². The van der Waals surface area contributed by atoms with E-state index in [0.29, 0.717) is 12.3 Å². The van der Waals surface area contributed by atoms with Crippen LogP contribution in [0.5, 0.6) is 5.75 Å². The first kappa shape index (κ1) is 9.70. The van der Waals surface area contributed by atoms with E-state index < -0.39 is 0 Å². The van der Waals surface area contributed by atoms with Gasteiger partial charge in [0.05, 0.1) is 13.5 Å². The molecule has 3 nitrogen and oxygen atoms in total. The number of methoxy groups -OCH3 is 1. The van der Waals surface area contributed by atoms with Crippen LogP contribution in [0, 0.1) is 5.92 Å². The van der Waals surface area contributed by atoms with Gasteiger partial charge >= 0.3 is 5.97 Å². The Bertz CT molecular complexity index is 439. The second kappa shape index (κ2) is 3.51. The molecule has 3 heteroatoms. The van der Waals surface area contributed by atoms with Gasteiger partial charge in [-0.3, -0.25) is 4.79 Å². The Kier molecular flexibility index (Phi) is 2.13. The molecule has 0 bridgehead atoms. The Hall–Kier alpha value is -1.51. The zero-order chi connectivity index (χ0) is 11.1. The van der Waals surface area contributed by atoms with Crippen molar-refractivity contribution in [3.05, 3.63) is 29.3 Å². The lowest BCUT2D eigenvalue weighted by atomic mass is 9.81. The van der Waals surface area contributed by atoms with Gasteiger partial charge in [0.1, 0.15) is 11.9 Å². The topological polar surface area (TPSA) is 35.5 Å². The summed E-state index contributed by atoms with van der Waals surface area (Å²) in [5, 5.41) is 0. The van der Waals surface area contributed by atoms with Gasteiger partial charge in [-0.05, 0) is 36.1 Å². The average Bonchev–Trinajstić information content (AvgIpc) is 2.69. The van der Waals surface area contributed by atoms with E-state index in [0.717, 1.165) is 24.2 Å². The molecule has 0 aromatic heterocycles. The summed E-state index contributed by atoms with van der Waals surface area (Å²) in [6.07, 6.45) is 2.63. The first-order valence-corrected chi connectivity index (χ1v) is 5.64. The van der Waals surface area contributed by atoms with Crippen LogP contribution in [0.1, 0.15) is 30.1 Å². The van der Waals surface area contributed by atoms with Crippen molar-refractivity contribution in [2.45, 2.75) is 25.4 Å². The fourth-order valence-electron chi connectivity index (χ4n) is 2.71. The molecule has 3 rings (SSSR count). The number of hydrogen-bond acceptors (Lipinski definition) is 3. The molecule has 1 aromatic carbocycles. The summed E-state index contributed by atoms with van der Waals surface area (Å²) in [4.78, 5) is 11.3. The van der Waals surface area contributed by atoms with Gasteiger partial charge < -0.3 is 9.47 Å². The number of esters is 1. The van der Waals surface area contributed by atoms with Crippen LogP contribution in [0.2, 0.25) is 0 Å². The first-order valence-electron chi connectivity index (χ1n) is 5.64. The Labute approximate surface area is 94.4 Å². The third kappa shape index (κ3) is 1.39. The predicted molar refractivity (Wildman–Crippen MR) is 58.3 cm³/mol. The number of benzene rings is 1. The van der Waals surface area contributed by atoms with Crippen LogP contribution >= 0.6 is 0 Å². The molecule has 1 saturated heterocycles. The van der Waals surface area contributed by atoms with Gasteiger partial charge in [-0.15, -0.1) is 0 Å². The van der Waals surface area contributed by atoms with Crippen molar-refractivity contribution in [2.75, 3.05) is 7.11 Å². The lowest BCUT2D eigenvalue weighted by Gasteiger charge is -2.26. The third-order valence-electron chi connectivity index (χ3n) is 3.56. The lowest BCUT2D eigenvalue weighted by molar-refractivity contribution is -0.141. The molecule has 1 aliphatic heterocycles. The zero-order valence-electron chi connectivity index (χ0n) is 9.23. The molecular formula is C13H14O3. The van der Waals surface area contributed by atoms with Crippen molar-refractivity contribution >= 4 is 5.97 Å². The van der Waals surface area contributed by atoms with Gasteiger partial charge in [-0.25, -0.2) is 0 Å². The maximum absolute atomic E-state index is 11.3. The summed E-state index contributed by atoms with van der Waals surface area (Å²) in [6, 6.07) is 6.05. The SMILES string of the molecule is COc1ccc2c(c1)[C@@H]1OC(=O)C[C@@H]1CC2. The second-order valence-corrected chi connectivity index (χ2v) is 4.48. The molecule has 0 amide bonds. The Morgan fingerprint density at radius 3 is 3.12 bits per heavy atom. The molecule has 16 heavy (non-hydrogen) atoms. The van der Waals surface area contributed by atoms with E-state index in [1.807, 2.05) is 12.1 Å². The fraction of sp³-hybridized carbons (Fsp3) is 0.462. The highest BCUT2D eigenvalue weighted by molar-refractivity contribution is 5.72. The predicted octanol–water partition coefficient (Wildman–Crippen LogP) is 2.25. The summed E-state index contributed by atoms with van der Waals surface area (Å²) in [6.45, 7) is 0. The van der Waals surface area contributed by atoms with Crippen molar-refractivity contribution in [1.82, 2.24) is 0 Å². The molecular weight excluding hydrogens is 204 g/mol. The van der Waals surface area contributed by atoms with Gasteiger partial charge in [0.25, 0.3) is 0 Å². The van der Waals surface area contributed by atoms with Gasteiger partial charge in [0, 0.05) is 5.92 Å². The summed E-state index contributed by atoms with van der Waals surface area (Å²) in [5.74, 6) is 1.14. The van der Waals surface area contributed by atoms with E-state index >= 15 is 0 Å². The van der Waals surface area contributed by atoms with E-state index in [1.54, 1.807) is 7.11 Å². The van der Waals surface area contributed by atoms with E-state index in [2.05, 4.69) is 6.07 Å². The van der Waals surface area contributed by atoms with Crippen LogP contribution in [0.4, 0.5) is 0 Å². The van der Waals surface area contributed by atoms with Gasteiger partial charge in [-0.1, -0.05) is 6.07 Å². The smallest absolute Gasteiger partial charge is 0.306 e. The van der Waals surface area contributed by atoms with Crippen LogP contribution in [0.3, 0.4) is 0 Å². The van der Waals surface area contributed by atoms with Crippen LogP contribution in [0.15, 0.2) is 18.2 Å². The Morgan fingerprint density at radius 2 is 2.31 bits per heavy atom. The summed E-state index contributed by atoms with van der Waals surface area (Å²) in [7, 11) is 1.66. The number of hydrogen-bond donors (Lipinski definition) is 0. The minimum Gasteiger partial charge on any atom is -0.497 e. The van der Waals surface area contributed by atoms with E-state index in [9.17, 15) is 4.79 Å². The molecule has 0 N–H and O–H groups in total. The minimum absolute atomic E-state index is 0.0358. The maximum atomic E-state index is 11.3. The summed E-state index contributed by atoms with van der Waals surface area (Å²) < 4.78 is 10.6. The first-order chi connectivity index (χ1) is 7.78. The maximum Gasteiger partial charge on any atom is 0.306 e. The lowest BCUT2D eigenvalue weighted by Crippen LogP contribution is -2.16. The third-order valence-corrected chi connectivity index (χ3v) is 3.56. The molecule has 2 aliphatic rings. The number of rotatable bonds is 1. The molecule has 1 aliphatic carbocycles. The molecule has 1 aromatic rings. The molecule has 1 fully saturated rings. The normalized spacial score (nSPS) is 26.9. The summed E-state index contributed by atoms with van der Waals surface area (Å²) in [5.41, 5.74) is 2.43. The van der Waals surface area contributed by atoms with Crippen molar-refractivity contribution in [2.24, 2.45) is 5.92 Å². The quantitative estimate of drug-likeness (QED) is 0.678. The monoisotopic (exact) mass is 218 g/mol. The molecule has 0 spiro atoms. The largest absolute Gasteiger partial charge is 0.497 e. The molecule has 0 unspecified atom stereocenters. The number of fused-ring (bicyclic) bond motifs is 3. The van der Waals surface area contributed by atoms with Crippen LogP contribution < -0.4 is 4.74 Å². The molecule has 0 radical (unpaired) electrons. The molecule has 84 valence electrons. The molecule has 2 atom stereocenters. The number of carbonyl (C=O) groups excluding carboxylic acids is 1. The zero-order valence-corrected chi connectivity index (χ0v) is 9.23. The van der Waals surface area contributed by atoms with Gasteiger partial charge in [-0.2, -0.15) is 0 Å². The second-order valence-electron chi connectivity index (χ2n) is 4.48. The number of carbonyl (C=O) groups is 1. The highest BCUT2D eigenvalue weighted by Crippen LogP contribution is 2.44. The minimum atomic E-state index is -0.0642. The Morgan fingerprint density at radius 1 is 1.44 bits per heavy atom. The number of ether oxygens (including phenoxy) is 2. The van der Waals surface area contributed by atoms with E-state index in [-0.39, 0.29) is 12.1 Å². The van der Waals surface area contributed by atoms with Gasteiger partial charge in [0.15, 0.2) is 0 Å². The van der Waals surface area contributed by atoms with E-state index in [4.69, 9.17) is 9.47 Å². The van der Waals surface area contributed by atoms with Gasteiger partial charge in [0.2, 0.25) is 0 Å². The fourth-order valence-corrected chi connectivity index (χ4v) is 2.71. The standard InChI is InChI=1S/C13H14O3/c1-15-10-5-4-8-2-3-9-6-12(14)16-13(9)11(8)7-10/h4-5,7,9,13H,2-3,6H2,1H3/t9-,13+/m0/s1. The molecule has 1 heterocycles. The summed E-state index contributed by atoms with van der Waals surface area (Å²) >= 11 is 0. The van der Waals surface area contributed by atoms with Crippen molar-refractivity contribution in [1.29, 1.82) is 0 Å². The van der Waals surface area contributed by atoms with E-state index in [1.165, 1.54) is 5.56 Å². The molecule has 0 saturated carbocycles. The Balaban J connectivity index is 2.03. The number of aryl methyl sites for hydroxylation is 1.